The van der Waals surface area contributed by atoms with Crippen molar-refractivity contribution in [3.05, 3.63) is 59.2 Å². The van der Waals surface area contributed by atoms with E-state index in [9.17, 15) is 5.11 Å². The van der Waals surface area contributed by atoms with Crippen LogP contribution < -0.4 is 0 Å². The van der Waals surface area contributed by atoms with Gasteiger partial charge in [-0.25, -0.2) is 9.97 Å². The van der Waals surface area contributed by atoms with Gasteiger partial charge >= 0.3 is 0 Å². The number of fused-ring (bicyclic) bond motifs is 2. The minimum Gasteiger partial charge on any atom is -0.395 e. The van der Waals surface area contributed by atoms with E-state index in [2.05, 4.69) is 47.0 Å². The van der Waals surface area contributed by atoms with E-state index >= 15 is 0 Å². The van der Waals surface area contributed by atoms with Gasteiger partial charge < -0.3 is 14.7 Å². The van der Waals surface area contributed by atoms with E-state index in [1.165, 1.54) is 11.1 Å². The number of aryl methyl sites for hydroxylation is 2. The minimum absolute atomic E-state index is 0.0736. The molecule has 0 radical (unpaired) electrons. The maximum absolute atomic E-state index is 9.41. The monoisotopic (exact) mass is 332 g/mol. The average Bonchev–Trinajstić information content (AvgIpc) is 3.14. The van der Waals surface area contributed by atoms with Crippen LogP contribution in [0.15, 0.2) is 36.4 Å². The third kappa shape index (κ3) is 2.94. The van der Waals surface area contributed by atoms with E-state index < -0.39 is 0 Å². The molecule has 126 valence electrons. The standard InChI is InChI=1S/C20H20N4O/c1-13-3-5-15-17(11-13)22-19(21-15)7-8-20-23-16-6-4-14(2)12-18(16)24(20)9-10-25/h3-8,11-12,25H,9-10H2,1-2H3,(H,21,22)/b8-7+. The van der Waals surface area contributed by atoms with Crippen LogP contribution >= 0.6 is 0 Å². The quantitative estimate of drug-likeness (QED) is 0.599. The molecule has 0 aliphatic carbocycles. The number of hydrogen-bond acceptors (Lipinski definition) is 3. The average molecular weight is 332 g/mol. The number of imidazole rings is 2. The molecule has 0 spiro atoms. The smallest absolute Gasteiger partial charge is 0.134 e. The highest BCUT2D eigenvalue weighted by molar-refractivity contribution is 5.82. The van der Waals surface area contributed by atoms with Crippen molar-refractivity contribution in [1.29, 1.82) is 0 Å². The van der Waals surface area contributed by atoms with E-state index in [1.54, 1.807) is 0 Å². The molecule has 0 saturated carbocycles. The Morgan fingerprint density at radius 3 is 2.56 bits per heavy atom. The topological polar surface area (TPSA) is 66.7 Å². The minimum atomic E-state index is 0.0736. The summed E-state index contributed by atoms with van der Waals surface area (Å²) >= 11 is 0. The van der Waals surface area contributed by atoms with Crippen molar-refractivity contribution < 1.29 is 5.11 Å². The number of aliphatic hydroxyl groups is 1. The molecular formula is C20H20N4O. The zero-order valence-electron chi connectivity index (χ0n) is 14.3. The highest BCUT2D eigenvalue weighted by Crippen LogP contribution is 2.20. The highest BCUT2D eigenvalue weighted by atomic mass is 16.3. The first-order valence-corrected chi connectivity index (χ1v) is 8.36. The van der Waals surface area contributed by atoms with Crippen molar-refractivity contribution in [2.45, 2.75) is 20.4 Å². The largest absolute Gasteiger partial charge is 0.395 e. The highest BCUT2D eigenvalue weighted by Gasteiger charge is 2.09. The number of benzene rings is 2. The van der Waals surface area contributed by atoms with Crippen LogP contribution in [-0.2, 0) is 6.54 Å². The second kappa shape index (κ2) is 6.18. The van der Waals surface area contributed by atoms with E-state index in [0.717, 1.165) is 33.7 Å². The maximum atomic E-state index is 9.41. The van der Waals surface area contributed by atoms with Gasteiger partial charge in [0, 0.05) is 6.54 Å². The van der Waals surface area contributed by atoms with Gasteiger partial charge in [0.15, 0.2) is 0 Å². The summed E-state index contributed by atoms with van der Waals surface area (Å²) < 4.78 is 2.03. The predicted molar refractivity (Wildman–Crippen MR) is 101 cm³/mol. The summed E-state index contributed by atoms with van der Waals surface area (Å²) in [6, 6.07) is 12.3. The molecule has 0 fully saturated rings. The van der Waals surface area contributed by atoms with Crippen molar-refractivity contribution in [2.24, 2.45) is 0 Å². The van der Waals surface area contributed by atoms with Gasteiger partial charge in [-0.05, 0) is 61.4 Å². The zero-order valence-corrected chi connectivity index (χ0v) is 14.3. The van der Waals surface area contributed by atoms with Crippen molar-refractivity contribution in [3.63, 3.8) is 0 Å². The summed E-state index contributed by atoms with van der Waals surface area (Å²) in [5.74, 6) is 1.60. The number of aromatic nitrogens is 4. The van der Waals surface area contributed by atoms with Crippen LogP contribution in [-0.4, -0.2) is 31.2 Å². The molecule has 0 aliphatic rings. The lowest BCUT2D eigenvalue weighted by Crippen LogP contribution is -2.04. The summed E-state index contributed by atoms with van der Waals surface area (Å²) in [6.07, 6.45) is 3.87. The summed E-state index contributed by atoms with van der Waals surface area (Å²) in [6.45, 7) is 4.71. The molecule has 0 saturated heterocycles. The van der Waals surface area contributed by atoms with Gasteiger partial charge in [-0.3, -0.25) is 0 Å². The Balaban J connectivity index is 1.75. The molecule has 2 heterocycles. The van der Waals surface area contributed by atoms with Crippen molar-refractivity contribution >= 4 is 34.2 Å². The number of hydrogen-bond donors (Lipinski definition) is 2. The summed E-state index contributed by atoms with van der Waals surface area (Å²) in [5.41, 5.74) is 6.32. The second-order valence-electron chi connectivity index (χ2n) is 6.31. The fourth-order valence-electron chi connectivity index (χ4n) is 3.09. The second-order valence-corrected chi connectivity index (χ2v) is 6.31. The van der Waals surface area contributed by atoms with Crippen molar-refractivity contribution in [2.75, 3.05) is 6.61 Å². The van der Waals surface area contributed by atoms with Gasteiger partial charge in [-0.2, -0.15) is 0 Å². The Hall–Kier alpha value is -2.92. The summed E-state index contributed by atoms with van der Waals surface area (Å²) in [5, 5.41) is 9.41. The van der Waals surface area contributed by atoms with Crippen LogP contribution in [0.1, 0.15) is 22.8 Å². The van der Waals surface area contributed by atoms with Gasteiger partial charge in [0.1, 0.15) is 11.6 Å². The molecule has 25 heavy (non-hydrogen) atoms. The summed E-state index contributed by atoms with van der Waals surface area (Å²) in [7, 11) is 0. The first-order chi connectivity index (χ1) is 12.1. The van der Waals surface area contributed by atoms with Gasteiger partial charge in [0.25, 0.3) is 0 Å². The molecule has 5 nitrogen and oxygen atoms in total. The van der Waals surface area contributed by atoms with Crippen LogP contribution in [0.5, 0.6) is 0 Å². The molecule has 0 bridgehead atoms. The fraction of sp³-hybridized carbons (Fsp3) is 0.200. The van der Waals surface area contributed by atoms with Crippen LogP contribution in [0.4, 0.5) is 0 Å². The fourth-order valence-corrected chi connectivity index (χ4v) is 3.09. The first-order valence-electron chi connectivity index (χ1n) is 8.36. The van der Waals surface area contributed by atoms with Crippen molar-refractivity contribution in [3.8, 4) is 0 Å². The number of rotatable bonds is 4. The Labute approximate surface area is 145 Å². The van der Waals surface area contributed by atoms with E-state index in [-0.39, 0.29) is 6.61 Å². The number of aromatic amines is 1. The Morgan fingerprint density at radius 2 is 1.76 bits per heavy atom. The summed E-state index contributed by atoms with van der Waals surface area (Å²) in [4.78, 5) is 12.6. The molecular weight excluding hydrogens is 312 g/mol. The molecule has 2 N–H and O–H groups in total. The lowest BCUT2D eigenvalue weighted by atomic mass is 10.2. The molecule has 0 amide bonds. The first kappa shape index (κ1) is 15.6. The van der Waals surface area contributed by atoms with Crippen LogP contribution in [0, 0.1) is 13.8 Å². The Bertz CT molecular complexity index is 1090. The van der Waals surface area contributed by atoms with Crippen molar-refractivity contribution in [1.82, 2.24) is 19.5 Å². The predicted octanol–water partition coefficient (Wildman–Crippen LogP) is 3.69. The molecule has 0 unspecified atom stereocenters. The molecule has 2 aromatic carbocycles. The van der Waals surface area contributed by atoms with Gasteiger partial charge in [-0.15, -0.1) is 0 Å². The SMILES string of the molecule is Cc1ccc2nc(/C=C/c3nc4ccc(C)cc4n3CCO)[nH]c2c1. The van der Waals surface area contributed by atoms with E-state index in [4.69, 9.17) is 0 Å². The van der Waals surface area contributed by atoms with Gasteiger partial charge in [-0.1, -0.05) is 12.1 Å². The zero-order chi connectivity index (χ0) is 17.4. The lowest BCUT2D eigenvalue weighted by Gasteiger charge is -2.04. The van der Waals surface area contributed by atoms with Gasteiger partial charge in [0.2, 0.25) is 0 Å². The number of aliphatic hydroxyl groups excluding tert-OH is 1. The molecule has 4 rings (SSSR count). The molecule has 2 aromatic heterocycles. The Kier molecular flexibility index (Phi) is 3.86. The molecule has 4 aromatic rings. The van der Waals surface area contributed by atoms with Crippen LogP contribution in [0.3, 0.4) is 0 Å². The van der Waals surface area contributed by atoms with Crippen LogP contribution in [0.2, 0.25) is 0 Å². The third-order valence-electron chi connectivity index (χ3n) is 4.30. The Morgan fingerprint density at radius 1 is 1.00 bits per heavy atom. The molecule has 0 atom stereocenters. The lowest BCUT2D eigenvalue weighted by molar-refractivity contribution is 0.277. The molecule has 5 heteroatoms. The number of nitrogens with one attached hydrogen (secondary N) is 1. The normalized spacial score (nSPS) is 12.0. The van der Waals surface area contributed by atoms with Gasteiger partial charge in [0.05, 0.1) is 28.7 Å². The van der Waals surface area contributed by atoms with Crippen LogP contribution in [0.25, 0.3) is 34.2 Å². The third-order valence-corrected chi connectivity index (χ3v) is 4.30. The van der Waals surface area contributed by atoms with E-state index in [1.807, 2.05) is 34.9 Å². The molecule has 0 aliphatic heterocycles. The maximum Gasteiger partial charge on any atom is 0.134 e. The number of nitrogens with zero attached hydrogens (tertiary/aromatic N) is 3. The number of H-pyrrole nitrogens is 1. The van der Waals surface area contributed by atoms with E-state index in [0.29, 0.717) is 6.54 Å².